The number of aromatic hydroxyl groups is 1. The number of sulfonamides is 1. The average molecular weight is 494 g/mol. The van der Waals surface area contributed by atoms with Gasteiger partial charge in [0.15, 0.2) is 0 Å². The van der Waals surface area contributed by atoms with E-state index in [0.29, 0.717) is 37.4 Å². The van der Waals surface area contributed by atoms with Crippen LogP contribution in [0.4, 0.5) is 11.4 Å². The van der Waals surface area contributed by atoms with Crippen LogP contribution < -0.4 is 9.62 Å². The van der Waals surface area contributed by atoms with Crippen LogP contribution in [0.1, 0.15) is 24.5 Å². The Morgan fingerprint density at radius 1 is 0.914 bits per heavy atom. The number of aryl methyl sites for hydroxylation is 2. The number of nitrogens with zero attached hydrogens (tertiary/aromatic N) is 2. The van der Waals surface area contributed by atoms with Crippen molar-refractivity contribution in [2.45, 2.75) is 32.1 Å². The Morgan fingerprint density at radius 2 is 1.66 bits per heavy atom. The van der Waals surface area contributed by atoms with Crippen molar-refractivity contribution in [2.24, 2.45) is 0 Å². The lowest BCUT2D eigenvalue weighted by molar-refractivity contribution is -0.128. The van der Waals surface area contributed by atoms with Crippen molar-refractivity contribution < 1.29 is 18.3 Å². The Hall–Kier alpha value is -3.52. The fourth-order valence-corrected chi connectivity index (χ4v) is 5.82. The molecule has 0 unspecified atom stereocenters. The van der Waals surface area contributed by atoms with Gasteiger partial charge in [0, 0.05) is 33.1 Å². The van der Waals surface area contributed by atoms with Gasteiger partial charge in [-0.15, -0.1) is 0 Å². The molecule has 1 fully saturated rings. The summed E-state index contributed by atoms with van der Waals surface area (Å²) in [6.45, 7) is 7.57. The quantitative estimate of drug-likeness (QED) is 0.545. The maximum Gasteiger partial charge on any atom is 0.265 e. The third-order valence-electron chi connectivity index (χ3n) is 6.33. The Balaban J connectivity index is 1.77. The van der Waals surface area contributed by atoms with E-state index >= 15 is 0 Å². The van der Waals surface area contributed by atoms with Gasteiger partial charge >= 0.3 is 0 Å². The van der Waals surface area contributed by atoms with E-state index in [2.05, 4.69) is 9.62 Å². The maximum absolute atomic E-state index is 13.5. The summed E-state index contributed by atoms with van der Waals surface area (Å²) < 4.78 is 29.7. The normalized spacial score (nSPS) is 14.5. The number of rotatable bonds is 5. The first kappa shape index (κ1) is 24.6. The Morgan fingerprint density at radius 3 is 2.37 bits per heavy atom. The Bertz CT molecular complexity index is 1340. The van der Waals surface area contributed by atoms with Crippen LogP contribution in [0.15, 0.2) is 65.6 Å². The standard InChI is InChI=1S/C27H31N3O4S/c1-19-16-20(2)27(32)26(17-19)35(33,34)28-24-18-23(22-8-5-4-6-9-22)10-11-25(24)30-13-7-12-29(14-15-30)21(3)31/h4-6,8-11,16-18,28,32H,7,12-15H2,1-3H3. The summed E-state index contributed by atoms with van der Waals surface area (Å²) >= 11 is 0. The smallest absolute Gasteiger partial charge is 0.265 e. The molecule has 0 saturated carbocycles. The maximum atomic E-state index is 13.5. The molecule has 35 heavy (non-hydrogen) atoms. The molecular weight excluding hydrogens is 462 g/mol. The lowest BCUT2D eigenvalue weighted by atomic mass is 10.0. The van der Waals surface area contributed by atoms with Gasteiger partial charge in [0.25, 0.3) is 10.0 Å². The average Bonchev–Trinajstić information content (AvgIpc) is 3.08. The Kier molecular flexibility index (Phi) is 7.03. The van der Waals surface area contributed by atoms with Crippen molar-refractivity contribution in [2.75, 3.05) is 35.8 Å². The van der Waals surface area contributed by atoms with Crippen LogP contribution in [0.5, 0.6) is 5.75 Å². The van der Waals surface area contributed by atoms with Crippen molar-refractivity contribution in [1.29, 1.82) is 0 Å². The minimum Gasteiger partial charge on any atom is -0.506 e. The molecule has 1 saturated heterocycles. The minimum atomic E-state index is -4.07. The highest BCUT2D eigenvalue weighted by Crippen LogP contribution is 2.36. The van der Waals surface area contributed by atoms with E-state index in [1.165, 1.54) is 6.07 Å². The molecule has 1 heterocycles. The molecule has 1 aliphatic heterocycles. The van der Waals surface area contributed by atoms with E-state index in [-0.39, 0.29) is 16.6 Å². The van der Waals surface area contributed by atoms with E-state index in [0.717, 1.165) is 28.8 Å². The van der Waals surface area contributed by atoms with Crippen molar-refractivity contribution in [3.05, 3.63) is 71.8 Å². The summed E-state index contributed by atoms with van der Waals surface area (Å²) in [5.41, 5.74) is 4.25. The van der Waals surface area contributed by atoms with E-state index in [1.807, 2.05) is 53.4 Å². The van der Waals surface area contributed by atoms with Gasteiger partial charge in [-0.3, -0.25) is 9.52 Å². The third-order valence-corrected chi connectivity index (χ3v) is 7.71. The molecule has 2 N–H and O–H groups in total. The number of carbonyl (C=O) groups is 1. The van der Waals surface area contributed by atoms with Gasteiger partial charge in [-0.1, -0.05) is 42.5 Å². The monoisotopic (exact) mass is 493 g/mol. The minimum absolute atomic E-state index is 0.0393. The molecular formula is C27H31N3O4S. The van der Waals surface area contributed by atoms with Gasteiger partial charge < -0.3 is 14.9 Å². The van der Waals surface area contributed by atoms with E-state index in [1.54, 1.807) is 26.8 Å². The molecule has 184 valence electrons. The summed E-state index contributed by atoms with van der Waals surface area (Å²) in [4.78, 5) is 15.7. The van der Waals surface area contributed by atoms with Crippen LogP contribution in [0, 0.1) is 13.8 Å². The second-order valence-corrected chi connectivity index (χ2v) is 10.6. The van der Waals surface area contributed by atoms with Crippen LogP contribution >= 0.6 is 0 Å². The van der Waals surface area contributed by atoms with Crippen LogP contribution in [0.25, 0.3) is 11.1 Å². The SMILES string of the molecule is CC(=O)N1CCCN(c2ccc(-c3ccccc3)cc2NS(=O)(=O)c2cc(C)cc(C)c2O)CC1. The predicted molar refractivity (Wildman–Crippen MR) is 139 cm³/mol. The first-order valence-corrected chi connectivity index (χ1v) is 13.2. The third kappa shape index (κ3) is 5.43. The van der Waals surface area contributed by atoms with Crippen LogP contribution in [0.3, 0.4) is 0 Å². The summed E-state index contributed by atoms with van der Waals surface area (Å²) in [6, 6.07) is 18.7. The fourth-order valence-electron chi connectivity index (χ4n) is 4.50. The van der Waals surface area contributed by atoms with Crippen LogP contribution in [-0.4, -0.2) is 50.5 Å². The van der Waals surface area contributed by atoms with E-state index in [4.69, 9.17) is 0 Å². The van der Waals surface area contributed by atoms with Crippen molar-refractivity contribution >= 4 is 27.3 Å². The number of carbonyl (C=O) groups excluding carboxylic acids is 1. The molecule has 1 amide bonds. The number of nitrogens with one attached hydrogen (secondary N) is 1. The van der Waals surface area contributed by atoms with Crippen molar-refractivity contribution in [3.8, 4) is 16.9 Å². The lowest BCUT2D eigenvalue weighted by Gasteiger charge is -2.27. The predicted octanol–water partition coefficient (Wildman–Crippen LogP) is 4.54. The van der Waals surface area contributed by atoms with E-state index in [9.17, 15) is 18.3 Å². The zero-order valence-electron chi connectivity index (χ0n) is 20.3. The second-order valence-electron chi connectivity index (χ2n) is 8.98. The topological polar surface area (TPSA) is 90.0 Å². The zero-order chi connectivity index (χ0) is 25.2. The molecule has 0 spiro atoms. The molecule has 7 nitrogen and oxygen atoms in total. The lowest BCUT2D eigenvalue weighted by Crippen LogP contribution is -2.34. The molecule has 0 aliphatic carbocycles. The highest BCUT2D eigenvalue weighted by atomic mass is 32.2. The largest absolute Gasteiger partial charge is 0.506 e. The number of amides is 1. The van der Waals surface area contributed by atoms with E-state index < -0.39 is 10.0 Å². The summed E-state index contributed by atoms with van der Waals surface area (Å²) in [6.07, 6.45) is 0.782. The van der Waals surface area contributed by atoms with Crippen molar-refractivity contribution in [3.63, 3.8) is 0 Å². The molecule has 3 aromatic carbocycles. The number of benzene rings is 3. The number of phenols is 1. The fraction of sp³-hybridized carbons (Fsp3) is 0.296. The molecule has 0 radical (unpaired) electrons. The number of anilines is 2. The second kappa shape index (κ2) is 10.00. The van der Waals surface area contributed by atoms with Gasteiger partial charge in [0.1, 0.15) is 10.6 Å². The van der Waals surface area contributed by atoms with Crippen LogP contribution in [-0.2, 0) is 14.8 Å². The molecule has 8 heteroatoms. The molecule has 1 aliphatic rings. The molecule has 4 rings (SSSR count). The summed E-state index contributed by atoms with van der Waals surface area (Å²) in [5.74, 6) is -0.215. The first-order chi connectivity index (χ1) is 16.7. The zero-order valence-corrected chi connectivity index (χ0v) is 21.1. The summed E-state index contributed by atoms with van der Waals surface area (Å²) in [7, 11) is -4.07. The van der Waals surface area contributed by atoms with Gasteiger partial charge in [-0.2, -0.15) is 0 Å². The highest BCUT2D eigenvalue weighted by molar-refractivity contribution is 7.92. The Labute approximate surface area is 207 Å². The summed E-state index contributed by atoms with van der Waals surface area (Å²) in [5, 5.41) is 10.5. The first-order valence-electron chi connectivity index (χ1n) is 11.7. The highest BCUT2D eigenvalue weighted by Gasteiger charge is 2.25. The number of hydrogen-bond acceptors (Lipinski definition) is 5. The van der Waals surface area contributed by atoms with Gasteiger partial charge in [0.05, 0.1) is 11.4 Å². The molecule has 0 bridgehead atoms. The number of phenolic OH excluding ortho intramolecular Hbond substituents is 1. The molecule has 0 aromatic heterocycles. The molecule has 0 atom stereocenters. The number of hydrogen-bond donors (Lipinski definition) is 2. The van der Waals surface area contributed by atoms with Gasteiger partial charge in [0.2, 0.25) is 5.91 Å². The van der Waals surface area contributed by atoms with Crippen molar-refractivity contribution in [1.82, 2.24) is 4.90 Å². The van der Waals surface area contributed by atoms with Gasteiger partial charge in [-0.05, 0) is 60.7 Å². The van der Waals surface area contributed by atoms with Crippen LogP contribution in [0.2, 0.25) is 0 Å². The van der Waals surface area contributed by atoms with Gasteiger partial charge in [-0.25, -0.2) is 8.42 Å². The molecule has 3 aromatic rings.